The fraction of sp³-hybridized carbons (Fsp3) is 0.172. The summed E-state index contributed by atoms with van der Waals surface area (Å²) in [7, 11) is 3.16. The Morgan fingerprint density at radius 3 is 2.31 bits per heavy atom. The van der Waals surface area contributed by atoms with Crippen LogP contribution in [0.2, 0.25) is 0 Å². The van der Waals surface area contributed by atoms with E-state index in [2.05, 4.69) is 0 Å². The maximum absolute atomic E-state index is 14.1. The maximum atomic E-state index is 14.1. The van der Waals surface area contributed by atoms with Gasteiger partial charge in [0.1, 0.15) is 23.5 Å². The molecule has 180 valence electrons. The van der Waals surface area contributed by atoms with E-state index in [4.69, 9.17) is 14.3 Å². The van der Waals surface area contributed by atoms with Gasteiger partial charge in [0.25, 0.3) is 5.91 Å². The number of rotatable bonds is 5. The molecule has 7 heteroatoms. The molecule has 2 amide bonds. The minimum absolute atomic E-state index is 0.311. The fourth-order valence-electron chi connectivity index (χ4n) is 5.24. The van der Waals surface area contributed by atoms with Crippen LogP contribution in [0.4, 0.5) is 11.4 Å². The molecule has 36 heavy (non-hydrogen) atoms. The summed E-state index contributed by atoms with van der Waals surface area (Å²) in [5, 5.41) is 3.44. The van der Waals surface area contributed by atoms with Gasteiger partial charge in [-0.1, -0.05) is 54.6 Å². The molecule has 0 aromatic heterocycles. The van der Waals surface area contributed by atoms with Crippen LogP contribution >= 0.6 is 0 Å². The molecule has 0 N–H and O–H groups in total. The van der Waals surface area contributed by atoms with Crippen molar-refractivity contribution in [3.63, 3.8) is 0 Å². The summed E-state index contributed by atoms with van der Waals surface area (Å²) in [6, 6.07) is 27.6. The number of methoxy groups -OCH3 is 2. The van der Waals surface area contributed by atoms with Crippen molar-refractivity contribution in [3.8, 4) is 11.5 Å². The second kappa shape index (κ2) is 8.70. The zero-order valence-corrected chi connectivity index (χ0v) is 19.8. The number of amides is 2. The third-order valence-corrected chi connectivity index (χ3v) is 6.89. The molecule has 0 radical (unpaired) electrons. The van der Waals surface area contributed by atoms with E-state index in [1.165, 1.54) is 4.90 Å². The molecule has 7 nitrogen and oxygen atoms in total. The van der Waals surface area contributed by atoms with Crippen LogP contribution in [0.15, 0.2) is 91.0 Å². The highest BCUT2D eigenvalue weighted by Crippen LogP contribution is 2.50. The lowest BCUT2D eigenvalue weighted by Gasteiger charge is -2.30. The zero-order chi connectivity index (χ0) is 24.8. The Morgan fingerprint density at radius 2 is 1.53 bits per heavy atom. The minimum Gasteiger partial charge on any atom is -0.497 e. The van der Waals surface area contributed by atoms with Gasteiger partial charge in [0.15, 0.2) is 6.10 Å². The fourth-order valence-corrected chi connectivity index (χ4v) is 5.24. The highest BCUT2D eigenvalue weighted by molar-refractivity contribution is 6.26. The molecule has 0 aliphatic carbocycles. The van der Waals surface area contributed by atoms with Gasteiger partial charge in [0.2, 0.25) is 5.91 Å². The number of carbonyl (C=O) groups excluding carboxylic acids is 2. The van der Waals surface area contributed by atoms with E-state index >= 15 is 0 Å². The Bertz CT molecular complexity index is 1470. The number of ether oxygens (including phenoxy) is 2. The SMILES string of the molecule is COc1ccc(OC)c([C@@H]2[C@H]3C(=O)N(c4cccc5ccccc45)C(=O)[C@@H]3ON2c2ccccc2)c1. The molecule has 0 spiro atoms. The molecule has 2 saturated heterocycles. The number of fused-ring (bicyclic) bond motifs is 2. The smallest absolute Gasteiger partial charge is 0.266 e. The molecule has 4 aromatic rings. The Hall–Kier alpha value is -4.36. The predicted molar refractivity (Wildman–Crippen MR) is 136 cm³/mol. The molecule has 2 heterocycles. The summed E-state index contributed by atoms with van der Waals surface area (Å²) in [4.78, 5) is 35.4. The predicted octanol–water partition coefficient (Wildman–Crippen LogP) is 4.91. The lowest BCUT2D eigenvalue weighted by molar-refractivity contribution is -0.126. The molecular formula is C29H24N2O5. The molecule has 2 fully saturated rings. The molecular weight excluding hydrogens is 456 g/mol. The monoisotopic (exact) mass is 480 g/mol. The minimum atomic E-state index is -0.974. The third-order valence-electron chi connectivity index (χ3n) is 6.89. The molecule has 3 atom stereocenters. The summed E-state index contributed by atoms with van der Waals surface area (Å²) in [6.45, 7) is 0. The van der Waals surface area contributed by atoms with Gasteiger partial charge < -0.3 is 9.47 Å². The number of carbonyl (C=O) groups is 2. The molecule has 6 rings (SSSR count). The van der Waals surface area contributed by atoms with Gasteiger partial charge in [-0.15, -0.1) is 0 Å². The van der Waals surface area contributed by atoms with E-state index in [9.17, 15) is 9.59 Å². The first-order valence-corrected chi connectivity index (χ1v) is 11.7. The van der Waals surface area contributed by atoms with Crippen LogP contribution in [0, 0.1) is 5.92 Å². The van der Waals surface area contributed by atoms with Crippen molar-refractivity contribution in [3.05, 3.63) is 96.6 Å². The van der Waals surface area contributed by atoms with Crippen LogP contribution in [0.5, 0.6) is 11.5 Å². The zero-order valence-electron chi connectivity index (χ0n) is 19.8. The number of imide groups is 1. The van der Waals surface area contributed by atoms with Crippen LogP contribution in [0.1, 0.15) is 11.6 Å². The van der Waals surface area contributed by atoms with Gasteiger partial charge in [0.05, 0.1) is 25.6 Å². The van der Waals surface area contributed by atoms with Crippen LogP contribution in [-0.2, 0) is 14.4 Å². The van der Waals surface area contributed by atoms with Gasteiger partial charge in [-0.25, -0.2) is 9.96 Å². The number of nitrogens with zero attached hydrogens (tertiary/aromatic N) is 2. The summed E-state index contributed by atoms with van der Waals surface area (Å²) < 4.78 is 11.1. The lowest BCUT2D eigenvalue weighted by Crippen LogP contribution is -2.37. The Balaban J connectivity index is 1.50. The van der Waals surface area contributed by atoms with E-state index in [0.29, 0.717) is 22.7 Å². The molecule has 0 bridgehead atoms. The number of para-hydroxylation sites is 1. The topological polar surface area (TPSA) is 68.3 Å². The largest absolute Gasteiger partial charge is 0.497 e. The number of anilines is 2. The van der Waals surface area contributed by atoms with Crippen molar-refractivity contribution >= 4 is 34.0 Å². The Morgan fingerprint density at radius 1 is 0.778 bits per heavy atom. The van der Waals surface area contributed by atoms with E-state index in [1.54, 1.807) is 37.5 Å². The van der Waals surface area contributed by atoms with Crippen LogP contribution < -0.4 is 19.4 Å². The Kier molecular flexibility index (Phi) is 5.34. The normalized spacial score (nSPS) is 21.2. The van der Waals surface area contributed by atoms with Gasteiger partial charge in [-0.3, -0.25) is 14.4 Å². The third kappa shape index (κ3) is 3.31. The summed E-state index contributed by atoms with van der Waals surface area (Å²) in [5.74, 6) is -0.279. The number of hydrogen-bond donors (Lipinski definition) is 0. The van der Waals surface area contributed by atoms with E-state index in [0.717, 1.165) is 16.5 Å². The van der Waals surface area contributed by atoms with Crippen LogP contribution in [0.3, 0.4) is 0 Å². The van der Waals surface area contributed by atoms with Gasteiger partial charge >= 0.3 is 0 Å². The second-order valence-electron chi connectivity index (χ2n) is 8.78. The van der Waals surface area contributed by atoms with Crippen molar-refractivity contribution in [2.24, 2.45) is 5.92 Å². The first-order valence-electron chi connectivity index (χ1n) is 11.7. The van der Waals surface area contributed by atoms with Gasteiger partial charge in [-0.05, 0) is 41.8 Å². The highest BCUT2D eigenvalue weighted by Gasteiger charge is 2.61. The van der Waals surface area contributed by atoms with Crippen molar-refractivity contribution in [1.82, 2.24) is 0 Å². The van der Waals surface area contributed by atoms with E-state index in [1.807, 2.05) is 72.8 Å². The second-order valence-corrected chi connectivity index (χ2v) is 8.78. The summed E-state index contributed by atoms with van der Waals surface area (Å²) in [6.07, 6.45) is -0.974. The van der Waals surface area contributed by atoms with E-state index in [-0.39, 0.29) is 11.8 Å². The van der Waals surface area contributed by atoms with Crippen LogP contribution in [0.25, 0.3) is 10.8 Å². The first kappa shape index (κ1) is 22.1. The number of benzene rings is 4. The van der Waals surface area contributed by atoms with Crippen molar-refractivity contribution in [2.45, 2.75) is 12.1 Å². The maximum Gasteiger partial charge on any atom is 0.266 e. The average molecular weight is 481 g/mol. The number of hydroxylamine groups is 1. The standard InChI is InChI=1S/C29H24N2O5/c1-34-20-15-16-24(35-2)22(17-20)26-25-27(36-31(26)19-11-4-3-5-12-19)29(33)30(28(25)32)23-14-8-10-18-9-6-7-13-21(18)23/h3-17,25-27H,1-2H3/t25-,26-,27-/m1/s1. The van der Waals surface area contributed by atoms with Crippen molar-refractivity contribution < 1.29 is 23.9 Å². The lowest BCUT2D eigenvalue weighted by atomic mass is 9.89. The van der Waals surface area contributed by atoms with Crippen molar-refractivity contribution in [2.75, 3.05) is 24.2 Å². The molecule has 2 aliphatic rings. The van der Waals surface area contributed by atoms with Gasteiger partial charge in [0, 0.05) is 10.9 Å². The molecule has 0 unspecified atom stereocenters. The first-order chi connectivity index (χ1) is 17.6. The van der Waals surface area contributed by atoms with Crippen molar-refractivity contribution in [1.29, 1.82) is 0 Å². The molecule has 2 aliphatic heterocycles. The highest BCUT2D eigenvalue weighted by atomic mass is 16.7. The average Bonchev–Trinajstić information content (AvgIpc) is 3.44. The van der Waals surface area contributed by atoms with E-state index < -0.39 is 18.1 Å². The quantitative estimate of drug-likeness (QED) is 0.378. The molecule has 0 saturated carbocycles. The van der Waals surface area contributed by atoms with Crippen LogP contribution in [-0.4, -0.2) is 32.1 Å². The number of hydrogen-bond acceptors (Lipinski definition) is 6. The summed E-state index contributed by atoms with van der Waals surface area (Å²) >= 11 is 0. The van der Waals surface area contributed by atoms with Gasteiger partial charge in [-0.2, -0.15) is 0 Å². The Labute approximate surface area is 208 Å². The summed E-state index contributed by atoms with van der Waals surface area (Å²) in [5.41, 5.74) is 2.00. The molecule has 4 aromatic carbocycles.